The minimum Gasteiger partial charge on any atom is -0.481 e. The normalized spacial score (nSPS) is 18.2. The first-order valence-corrected chi connectivity index (χ1v) is 15.9. The van der Waals surface area contributed by atoms with Crippen molar-refractivity contribution in [1.82, 2.24) is 26.2 Å². The Hall–Kier alpha value is -4.32. The number of nitrogens with two attached hydrogens (primary N) is 2. The summed E-state index contributed by atoms with van der Waals surface area (Å²) >= 11 is 0. The molecular formula is C30H51N7O11. The van der Waals surface area contributed by atoms with E-state index >= 15 is 0 Å². The molecule has 1 aliphatic rings. The van der Waals surface area contributed by atoms with E-state index in [0.717, 1.165) is 0 Å². The Kier molecular flexibility index (Phi) is 16.9. The molecule has 272 valence electrons. The van der Waals surface area contributed by atoms with Crippen LogP contribution in [0.2, 0.25) is 0 Å². The molecule has 0 radical (unpaired) electrons. The number of hydrogen-bond acceptors (Lipinski definition) is 10. The highest BCUT2D eigenvalue weighted by atomic mass is 16.4. The van der Waals surface area contributed by atoms with Gasteiger partial charge in [-0.3, -0.25) is 33.6 Å². The van der Waals surface area contributed by atoms with E-state index in [-0.39, 0.29) is 44.1 Å². The first-order chi connectivity index (χ1) is 22.2. The van der Waals surface area contributed by atoms with Gasteiger partial charge in [-0.25, -0.2) is 4.79 Å². The molecule has 0 aromatic carbocycles. The predicted molar refractivity (Wildman–Crippen MR) is 169 cm³/mol. The van der Waals surface area contributed by atoms with E-state index in [9.17, 15) is 53.7 Å². The zero-order valence-corrected chi connectivity index (χ0v) is 28.1. The summed E-state index contributed by atoms with van der Waals surface area (Å²) in [4.78, 5) is 101. The highest BCUT2D eigenvalue weighted by Crippen LogP contribution is 2.21. The Balaban J connectivity index is 3.20. The molecule has 0 bridgehead atoms. The van der Waals surface area contributed by atoms with Crippen LogP contribution in [0.4, 0.5) is 0 Å². The Morgan fingerprint density at radius 3 is 1.79 bits per heavy atom. The van der Waals surface area contributed by atoms with E-state index in [1.54, 1.807) is 27.7 Å². The lowest BCUT2D eigenvalue weighted by atomic mass is 9.99. The fraction of sp³-hybridized carbons (Fsp3) is 0.733. The minimum absolute atomic E-state index is 0.0927. The number of aliphatic carboxylic acids is 2. The second-order valence-corrected chi connectivity index (χ2v) is 12.9. The monoisotopic (exact) mass is 685 g/mol. The summed E-state index contributed by atoms with van der Waals surface area (Å²) in [6, 6.07) is -7.85. The molecular weight excluding hydrogens is 634 g/mol. The van der Waals surface area contributed by atoms with Crippen molar-refractivity contribution in [2.45, 2.75) is 122 Å². The van der Waals surface area contributed by atoms with Crippen molar-refractivity contribution in [3.8, 4) is 0 Å². The van der Waals surface area contributed by atoms with Gasteiger partial charge in [-0.15, -0.1) is 0 Å². The van der Waals surface area contributed by atoms with Crippen LogP contribution >= 0.6 is 0 Å². The Morgan fingerprint density at radius 1 is 0.792 bits per heavy atom. The fourth-order valence-corrected chi connectivity index (χ4v) is 5.21. The number of rotatable bonds is 20. The molecule has 0 aromatic heterocycles. The van der Waals surface area contributed by atoms with Gasteiger partial charge < -0.3 is 53.0 Å². The van der Waals surface area contributed by atoms with E-state index in [2.05, 4.69) is 21.3 Å². The number of nitrogens with zero attached hydrogens (tertiary/aromatic N) is 1. The number of aliphatic hydroxyl groups excluding tert-OH is 1. The Morgan fingerprint density at radius 2 is 1.31 bits per heavy atom. The third-order valence-corrected chi connectivity index (χ3v) is 7.58. The largest absolute Gasteiger partial charge is 0.481 e. The molecule has 0 aromatic rings. The average molecular weight is 686 g/mol. The van der Waals surface area contributed by atoms with Crippen LogP contribution in [0, 0.1) is 11.8 Å². The van der Waals surface area contributed by atoms with Crippen molar-refractivity contribution in [2.24, 2.45) is 23.3 Å². The Bertz CT molecular complexity index is 1190. The summed E-state index contributed by atoms with van der Waals surface area (Å²) in [6.07, 6.45) is -1.93. The summed E-state index contributed by atoms with van der Waals surface area (Å²) in [5.74, 6) is -7.72. The van der Waals surface area contributed by atoms with Crippen molar-refractivity contribution in [3.05, 3.63) is 0 Å². The van der Waals surface area contributed by atoms with Gasteiger partial charge >= 0.3 is 11.9 Å². The smallest absolute Gasteiger partial charge is 0.328 e. The van der Waals surface area contributed by atoms with Gasteiger partial charge in [-0.2, -0.15) is 0 Å². The van der Waals surface area contributed by atoms with Crippen LogP contribution < -0.4 is 32.7 Å². The number of aliphatic hydroxyl groups is 1. The van der Waals surface area contributed by atoms with Crippen LogP contribution in [0.1, 0.15) is 79.6 Å². The van der Waals surface area contributed by atoms with E-state index in [1.807, 2.05) is 0 Å². The molecule has 0 spiro atoms. The summed E-state index contributed by atoms with van der Waals surface area (Å²) in [5.41, 5.74) is 10.8. The second-order valence-electron chi connectivity index (χ2n) is 12.9. The lowest BCUT2D eigenvalue weighted by Crippen LogP contribution is -2.59. The van der Waals surface area contributed by atoms with Gasteiger partial charge in [0.25, 0.3) is 0 Å². The van der Waals surface area contributed by atoms with E-state index in [4.69, 9.17) is 11.5 Å². The summed E-state index contributed by atoms with van der Waals surface area (Å²) in [7, 11) is 0. The van der Waals surface area contributed by atoms with Crippen molar-refractivity contribution in [3.63, 3.8) is 0 Å². The SMILES string of the molecule is CC(C)C[C@H](NC(=O)[C@H](CC(C)C)NC(=O)[C@@H]1CCCN1C(=O)[C@H](CCC(=O)O)NC(=O)[C@@H](N)CC(N)=O)C(=O)N[C@H](C(=O)O)[C@@H](C)O. The number of carboxylic acid groups (broad SMARTS) is 2. The highest BCUT2D eigenvalue weighted by Gasteiger charge is 2.40. The van der Waals surface area contributed by atoms with Gasteiger partial charge in [0.2, 0.25) is 35.4 Å². The lowest BCUT2D eigenvalue weighted by Gasteiger charge is -2.31. The zero-order chi connectivity index (χ0) is 36.9. The minimum atomic E-state index is -1.62. The van der Waals surface area contributed by atoms with Crippen molar-refractivity contribution in [1.29, 1.82) is 0 Å². The van der Waals surface area contributed by atoms with Crippen LogP contribution in [-0.4, -0.2) is 117 Å². The van der Waals surface area contributed by atoms with Crippen molar-refractivity contribution in [2.75, 3.05) is 6.54 Å². The summed E-state index contributed by atoms with van der Waals surface area (Å²) < 4.78 is 0. The highest BCUT2D eigenvalue weighted by molar-refractivity contribution is 5.97. The summed E-state index contributed by atoms with van der Waals surface area (Å²) in [5, 5.41) is 38.2. The number of carbonyl (C=O) groups excluding carboxylic acids is 6. The molecule has 1 saturated heterocycles. The van der Waals surface area contributed by atoms with Gasteiger partial charge in [-0.05, 0) is 50.9 Å². The molecule has 1 fully saturated rings. The maximum atomic E-state index is 13.6. The number of primary amides is 1. The number of carboxylic acids is 2. The van der Waals surface area contributed by atoms with E-state index < -0.39 is 103 Å². The predicted octanol–water partition coefficient (Wildman–Crippen LogP) is -2.46. The Labute approximate surface area is 279 Å². The van der Waals surface area contributed by atoms with Gasteiger partial charge in [0.15, 0.2) is 6.04 Å². The van der Waals surface area contributed by atoms with Crippen molar-refractivity contribution < 1.29 is 53.7 Å². The van der Waals surface area contributed by atoms with Gasteiger partial charge in [0.1, 0.15) is 24.2 Å². The number of nitrogens with one attached hydrogen (secondary N) is 4. The molecule has 18 heteroatoms. The molecule has 1 aliphatic heterocycles. The van der Waals surface area contributed by atoms with E-state index in [1.165, 1.54) is 11.8 Å². The zero-order valence-electron chi connectivity index (χ0n) is 28.1. The molecule has 11 N–H and O–H groups in total. The quantitative estimate of drug-likeness (QED) is 0.0645. The molecule has 0 saturated carbocycles. The van der Waals surface area contributed by atoms with Crippen LogP contribution in [0.3, 0.4) is 0 Å². The molecule has 0 aliphatic carbocycles. The number of carbonyl (C=O) groups is 8. The maximum absolute atomic E-state index is 13.6. The molecule has 1 rings (SSSR count). The molecule has 1 heterocycles. The van der Waals surface area contributed by atoms with Crippen LogP contribution in [0.5, 0.6) is 0 Å². The van der Waals surface area contributed by atoms with Crippen LogP contribution in [0.15, 0.2) is 0 Å². The first kappa shape index (κ1) is 41.7. The van der Waals surface area contributed by atoms with Gasteiger partial charge in [0.05, 0.1) is 18.6 Å². The number of likely N-dealkylation sites (tertiary alicyclic amines) is 1. The first-order valence-electron chi connectivity index (χ1n) is 15.9. The summed E-state index contributed by atoms with van der Waals surface area (Å²) in [6.45, 7) is 8.46. The molecule has 0 unspecified atom stereocenters. The molecule has 6 amide bonds. The van der Waals surface area contributed by atoms with E-state index in [0.29, 0.717) is 6.42 Å². The molecule has 18 nitrogen and oxygen atoms in total. The molecule has 7 atom stereocenters. The van der Waals surface area contributed by atoms with Gasteiger partial charge in [-0.1, -0.05) is 27.7 Å². The van der Waals surface area contributed by atoms with Crippen molar-refractivity contribution >= 4 is 47.4 Å². The van der Waals surface area contributed by atoms with Crippen LogP contribution in [-0.2, 0) is 38.4 Å². The third-order valence-electron chi connectivity index (χ3n) is 7.58. The average Bonchev–Trinajstić information content (AvgIpc) is 3.45. The fourth-order valence-electron chi connectivity index (χ4n) is 5.21. The third kappa shape index (κ3) is 13.8. The maximum Gasteiger partial charge on any atom is 0.328 e. The van der Waals surface area contributed by atoms with Gasteiger partial charge in [0, 0.05) is 13.0 Å². The van der Waals surface area contributed by atoms with Crippen LogP contribution in [0.25, 0.3) is 0 Å². The topological polar surface area (TPSA) is 301 Å². The molecule has 48 heavy (non-hydrogen) atoms. The number of hydrogen-bond donors (Lipinski definition) is 9. The number of amides is 6. The lowest BCUT2D eigenvalue weighted by molar-refractivity contribution is -0.145. The standard InChI is InChI=1S/C30H51N7O11/c1-14(2)11-19(26(43)34-20(12-15(3)4)27(44)36-24(16(5)38)30(47)48)35-28(45)21-7-6-10-37(21)29(46)18(8-9-23(40)41)33-25(42)17(31)13-22(32)39/h14-21,24,38H,6-13,31H2,1-5H3,(H2,32,39)(H,33,42)(H,34,43)(H,35,45)(H,36,44)(H,40,41)(H,47,48)/t16-,17+,18+,19+,20+,21+,24+/m1/s1. The second kappa shape index (κ2) is 19.5.